The molecule has 2 atom stereocenters. The van der Waals surface area contributed by atoms with Crippen LogP contribution in [0.5, 0.6) is 0 Å². The van der Waals surface area contributed by atoms with E-state index in [1.54, 1.807) is 6.07 Å². The van der Waals surface area contributed by atoms with E-state index in [0.717, 1.165) is 42.6 Å². The Hall–Kier alpha value is -0.930. The van der Waals surface area contributed by atoms with Crippen LogP contribution < -0.4 is 5.32 Å². The van der Waals surface area contributed by atoms with Gasteiger partial charge in [0.05, 0.1) is 6.10 Å². The van der Waals surface area contributed by atoms with E-state index in [1.165, 1.54) is 6.42 Å². The van der Waals surface area contributed by atoms with Gasteiger partial charge >= 0.3 is 0 Å². The number of hydrogen-bond acceptors (Lipinski definition) is 2. The zero-order chi connectivity index (χ0) is 13.8. The highest BCUT2D eigenvalue weighted by molar-refractivity contribution is 5.34. The highest BCUT2D eigenvalue weighted by Gasteiger charge is 2.23. The zero-order valence-electron chi connectivity index (χ0n) is 12.1. The van der Waals surface area contributed by atoms with Crippen molar-refractivity contribution in [3.05, 3.63) is 34.6 Å². The molecule has 0 bridgehead atoms. The summed E-state index contributed by atoms with van der Waals surface area (Å²) in [5, 5.41) is 3.25. The average Bonchev–Trinajstić information content (AvgIpc) is 2.37. The second-order valence-electron chi connectivity index (χ2n) is 5.54. The molecule has 1 aliphatic heterocycles. The minimum atomic E-state index is -0.104. The fourth-order valence-electron chi connectivity index (χ4n) is 3.00. The SMILES string of the molecule is CNC(CC1CCCCO1)c1c(C)cc(C)cc1F. The topological polar surface area (TPSA) is 21.3 Å². The Morgan fingerprint density at radius 2 is 2.16 bits per heavy atom. The van der Waals surface area contributed by atoms with Gasteiger partial charge in [-0.25, -0.2) is 4.39 Å². The predicted molar refractivity (Wildman–Crippen MR) is 75.9 cm³/mol. The van der Waals surface area contributed by atoms with Gasteiger partial charge in [0.15, 0.2) is 0 Å². The van der Waals surface area contributed by atoms with Gasteiger partial charge in [-0.15, -0.1) is 0 Å². The molecule has 3 heteroatoms. The Labute approximate surface area is 115 Å². The van der Waals surface area contributed by atoms with Crippen molar-refractivity contribution in [2.75, 3.05) is 13.7 Å². The maximum absolute atomic E-state index is 14.2. The summed E-state index contributed by atoms with van der Waals surface area (Å²) >= 11 is 0. The minimum absolute atomic E-state index is 0.0312. The van der Waals surface area contributed by atoms with Crippen LogP contribution in [0.25, 0.3) is 0 Å². The van der Waals surface area contributed by atoms with Crippen LogP contribution in [-0.4, -0.2) is 19.8 Å². The van der Waals surface area contributed by atoms with Crippen LogP contribution in [0.4, 0.5) is 4.39 Å². The van der Waals surface area contributed by atoms with E-state index in [1.807, 2.05) is 27.0 Å². The third-order valence-electron chi connectivity index (χ3n) is 3.95. The van der Waals surface area contributed by atoms with Gasteiger partial charge in [0.1, 0.15) is 5.82 Å². The van der Waals surface area contributed by atoms with Crippen molar-refractivity contribution < 1.29 is 9.13 Å². The average molecular weight is 265 g/mol. The molecule has 2 rings (SSSR count). The number of hydrogen-bond donors (Lipinski definition) is 1. The zero-order valence-corrected chi connectivity index (χ0v) is 12.1. The fourth-order valence-corrected chi connectivity index (χ4v) is 3.00. The largest absolute Gasteiger partial charge is 0.378 e. The summed E-state index contributed by atoms with van der Waals surface area (Å²) in [6.45, 7) is 4.76. The number of nitrogens with one attached hydrogen (secondary N) is 1. The molecule has 1 aromatic rings. The first-order valence-corrected chi connectivity index (χ1v) is 7.17. The quantitative estimate of drug-likeness (QED) is 0.897. The Morgan fingerprint density at radius 3 is 2.74 bits per heavy atom. The number of ether oxygens (including phenoxy) is 1. The van der Waals surface area contributed by atoms with Crippen molar-refractivity contribution in [1.82, 2.24) is 5.32 Å². The normalized spacial score (nSPS) is 21.4. The molecular weight excluding hydrogens is 241 g/mol. The molecule has 1 heterocycles. The number of aryl methyl sites for hydroxylation is 2. The second kappa shape index (κ2) is 6.49. The van der Waals surface area contributed by atoms with E-state index in [9.17, 15) is 4.39 Å². The van der Waals surface area contributed by atoms with Crippen molar-refractivity contribution in [3.8, 4) is 0 Å². The minimum Gasteiger partial charge on any atom is -0.378 e. The predicted octanol–water partition coefficient (Wildman–Crippen LogP) is 3.66. The number of benzene rings is 1. The molecule has 2 unspecified atom stereocenters. The lowest BCUT2D eigenvalue weighted by atomic mass is 9.92. The molecule has 0 aliphatic carbocycles. The smallest absolute Gasteiger partial charge is 0.128 e. The van der Waals surface area contributed by atoms with Crippen LogP contribution in [0.15, 0.2) is 12.1 Å². The Kier molecular flexibility index (Phi) is 4.94. The van der Waals surface area contributed by atoms with Gasteiger partial charge in [-0.3, -0.25) is 0 Å². The molecule has 1 saturated heterocycles. The van der Waals surface area contributed by atoms with E-state index in [2.05, 4.69) is 5.32 Å². The molecule has 1 fully saturated rings. The summed E-state index contributed by atoms with van der Waals surface area (Å²) in [5.41, 5.74) is 2.79. The molecule has 19 heavy (non-hydrogen) atoms. The summed E-state index contributed by atoms with van der Waals surface area (Å²) in [6, 6.07) is 3.70. The molecular formula is C16H24FNO. The Balaban J connectivity index is 2.16. The lowest BCUT2D eigenvalue weighted by molar-refractivity contribution is 0.00526. The molecule has 106 valence electrons. The maximum atomic E-state index is 14.2. The van der Waals surface area contributed by atoms with Crippen LogP contribution in [-0.2, 0) is 4.74 Å². The molecule has 0 saturated carbocycles. The van der Waals surface area contributed by atoms with Crippen molar-refractivity contribution in [2.45, 2.75) is 51.7 Å². The first kappa shape index (κ1) is 14.5. The van der Waals surface area contributed by atoms with Crippen LogP contribution >= 0.6 is 0 Å². The molecule has 2 nitrogen and oxygen atoms in total. The molecule has 0 spiro atoms. The van der Waals surface area contributed by atoms with E-state index in [-0.39, 0.29) is 18.0 Å². The van der Waals surface area contributed by atoms with Gasteiger partial charge in [-0.05, 0) is 63.8 Å². The molecule has 1 N–H and O–H groups in total. The third kappa shape index (κ3) is 3.54. The van der Waals surface area contributed by atoms with Crippen molar-refractivity contribution >= 4 is 0 Å². The Bertz CT molecular complexity index is 404. The summed E-state index contributed by atoms with van der Waals surface area (Å²) in [6.07, 6.45) is 4.56. The van der Waals surface area contributed by atoms with Gasteiger partial charge in [-0.2, -0.15) is 0 Å². The lowest BCUT2D eigenvalue weighted by Gasteiger charge is -2.28. The van der Waals surface area contributed by atoms with Gasteiger partial charge < -0.3 is 10.1 Å². The summed E-state index contributed by atoms with van der Waals surface area (Å²) in [7, 11) is 1.90. The summed E-state index contributed by atoms with van der Waals surface area (Å²) in [5.74, 6) is -0.104. The number of rotatable bonds is 4. The van der Waals surface area contributed by atoms with Crippen molar-refractivity contribution in [1.29, 1.82) is 0 Å². The Morgan fingerprint density at radius 1 is 1.37 bits per heavy atom. The highest BCUT2D eigenvalue weighted by Crippen LogP contribution is 2.29. The van der Waals surface area contributed by atoms with E-state index in [4.69, 9.17) is 4.74 Å². The molecule has 0 radical (unpaired) electrons. The molecule has 0 aromatic heterocycles. The van der Waals surface area contributed by atoms with Crippen LogP contribution in [0.3, 0.4) is 0 Å². The fraction of sp³-hybridized carbons (Fsp3) is 0.625. The summed E-state index contributed by atoms with van der Waals surface area (Å²) in [4.78, 5) is 0. The molecule has 0 amide bonds. The highest BCUT2D eigenvalue weighted by atomic mass is 19.1. The summed E-state index contributed by atoms with van der Waals surface area (Å²) < 4.78 is 20.0. The standard InChI is InChI=1S/C16H24FNO/c1-11-8-12(2)16(14(17)9-11)15(18-3)10-13-6-4-5-7-19-13/h8-9,13,15,18H,4-7,10H2,1-3H3. The van der Waals surface area contributed by atoms with Crippen LogP contribution in [0.2, 0.25) is 0 Å². The first-order chi connectivity index (χ1) is 9.11. The van der Waals surface area contributed by atoms with E-state index < -0.39 is 0 Å². The molecule has 1 aliphatic rings. The van der Waals surface area contributed by atoms with Gasteiger partial charge in [0, 0.05) is 18.2 Å². The third-order valence-corrected chi connectivity index (χ3v) is 3.95. The van der Waals surface area contributed by atoms with Gasteiger partial charge in [-0.1, -0.05) is 6.07 Å². The second-order valence-corrected chi connectivity index (χ2v) is 5.54. The van der Waals surface area contributed by atoms with Crippen molar-refractivity contribution in [3.63, 3.8) is 0 Å². The van der Waals surface area contributed by atoms with Gasteiger partial charge in [0.25, 0.3) is 0 Å². The van der Waals surface area contributed by atoms with Crippen LogP contribution in [0.1, 0.15) is 48.4 Å². The monoisotopic (exact) mass is 265 g/mol. The van der Waals surface area contributed by atoms with Crippen molar-refractivity contribution in [2.24, 2.45) is 0 Å². The van der Waals surface area contributed by atoms with Crippen LogP contribution in [0, 0.1) is 19.7 Å². The first-order valence-electron chi connectivity index (χ1n) is 7.17. The van der Waals surface area contributed by atoms with E-state index >= 15 is 0 Å². The maximum Gasteiger partial charge on any atom is 0.128 e. The lowest BCUT2D eigenvalue weighted by Crippen LogP contribution is -2.28. The van der Waals surface area contributed by atoms with E-state index in [0.29, 0.717) is 0 Å². The number of halogens is 1. The molecule has 1 aromatic carbocycles. The van der Waals surface area contributed by atoms with Gasteiger partial charge in [0.2, 0.25) is 0 Å².